The Labute approximate surface area is 165 Å². The molecule has 26 heavy (non-hydrogen) atoms. The van der Waals surface area contributed by atoms with Crippen LogP contribution in [0.4, 0.5) is 0 Å². The fourth-order valence-electron chi connectivity index (χ4n) is 3.70. The van der Waals surface area contributed by atoms with Gasteiger partial charge in [-0.25, -0.2) is 0 Å². The highest BCUT2D eigenvalue weighted by atomic mass is 16.5. The molecule has 0 aromatic heterocycles. The third-order valence-electron chi connectivity index (χ3n) is 5.80. The summed E-state index contributed by atoms with van der Waals surface area (Å²) < 4.78 is 4.99. The fraction of sp³-hybridized carbons (Fsp3) is 1.00. The van der Waals surface area contributed by atoms with Crippen molar-refractivity contribution < 1.29 is 4.74 Å². The number of rotatable bonds is 3. The number of hydrogen-bond donors (Lipinski definition) is 1. The van der Waals surface area contributed by atoms with Crippen LogP contribution < -0.4 is 5.32 Å². The van der Waals surface area contributed by atoms with Crippen molar-refractivity contribution in [1.82, 2.24) is 15.1 Å². The molecule has 0 bridgehead atoms. The molecule has 2 aliphatic heterocycles. The standard InChI is InChI=1S/C13H27N3.C5H10O.2C2H6/c1-11-8-16(9-12(2)15(11)3)10-13-4-6-14-7-5-13;1-6-5-3-2-4-5;2*1-2/h11-14H,4-10H2,1-3H3;5H,2-4H2,1H3;2*1-2H3. The maximum atomic E-state index is 4.99. The highest BCUT2D eigenvalue weighted by Gasteiger charge is 2.28. The number of nitrogens with one attached hydrogen (secondary N) is 1. The lowest BCUT2D eigenvalue weighted by atomic mass is 9.96. The molecule has 0 spiro atoms. The predicted molar refractivity (Wildman–Crippen MR) is 116 cm³/mol. The Morgan fingerprint density at radius 3 is 1.73 bits per heavy atom. The first-order chi connectivity index (χ1) is 12.6. The first kappa shape index (κ1) is 25.8. The molecule has 3 fully saturated rings. The summed E-state index contributed by atoms with van der Waals surface area (Å²) in [7, 11) is 4.04. The van der Waals surface area contributed by atoms with Gasteiger partial charge >= 0.3 is 0 Å². The monoisotopic (exact) mass is 371 g/mol. The van der Waals surface area contributed by atoms with Crippen LogP contribution in [-0.2, 0) is 4.74 Å². The molecule has 0 aromatic rings. The van der Waals surface area contributed by atoms with E-state index >= 15 is 0 Å². The second kappa shape index (κ2) is 15.9. The molecular weight excluding hydrogens is 322 g/mol. The molecular formula is C22H49N3O. The van der Waals surface area contributed by atoms with E-state index in [-0.39, 0.29) is 0 Å². The molecule has 2 atom stereocenters. The first-order valence-corrected chi connectivity index (χ1v) is 11.3. The van der Waals surface area contributed by atoms with Gasteiger partial charge in [0.2, 0.25) is 0 Å². The van der Waals surface area contributed by atoms with Gasteiger partial charge in [-0.1, -0.05) is 27.7 Å². The lowest BCUT2D eigenvalue weighted by Crippen LogP contribution is -2.56. The van der Waals surface area contributed by atoms with E-state index in [1.54, 1.807) is 7.11 Å². The molecule has 0 amide bonds. The minimum Gasteiger partial charge on any atom is -0.381 e. The summed E-state index contributed by atoms with van der Waals surface area (Å²) in [6.45, 7) is 19.0. The number of ether oxygens (including phenoxy) is 1. The molecule has 0 radical (unpaired) electrons. The van der Waals surface area contributed by atoms with Crippen molar-refractivity contribution >= 4 is 0 Å². The summed E-state index contributed by atoms with van der Waals surface area (Å²) in [5, 5.41) is 3.45. The summed E-state index contributed by atoms with van der Waals surface area (Å²) >= 11 is 0. The van der Waals surface area contributed by atoms with Crippen molar-refractivity contribution in [2.24, 2.45) is 5.92 Å². The Morgan fingerprint density at radius 1 is 0.885 bits per heavy atom. The Balaban J connectivity index is 0.000000521. The molecule has 158 valence electrons. The normalized spacial score (nSPS) is 27.7. The second-order valence-electron chi connectivity index (χ2n) is 7.56. The third kappa shape index (κ3) is 9.68. The van der Waals surface area contributed by atoms with E-state index in [0.29, 0.717) is 18.2 Å². The van der Waals surface area contributed by atoms with Crippen LogP contribution in [0.15, 0.2) is 0 Å². The molecule has 0 aromatic carbocycles. The predicted octanol–water partition coefficient (Wildman–Crippen LogP) is 4.25. The van der Waals surface area contributed by atoms with E-state index in [9.17, 15) is 0 Å². The Bertz CT molecular complexity index is 289. The third-order valence-corrected chi connectivity index (χ3v) is 5.80. The molecule has 1 saturated carbocycles. The van der Waals surface area contributed by atoms with Crippen LogP contribution in [0, 0.1) is 5.92 Å². The molecule has 1 N–H and O–H groups in total. The van der Waals surface area contributed by atoms with Gasteiger partial charge in [-0.05, 0) is 72.0 Å². The van der Waals surface area contributed by atoms with Gasteiger partial charge in [0, 0.05) is 38.8 Å². The molecule has 3 rings (SSSR count). The molecule has 2 unspecified atom stereocenters. The second-order valence-corrected chi connectivity index (χ2v) is 7.56. The molecule has 2 saturated heterocycles. The number of nitrogens with zero attached hydrogens (tertiary/aromatic N) is 2. The van der Waals surface area contributed by atoms with Crippen LogP contribution in [0.5, 0.6) is 0 Å². The molecule has 4 nitrogen and oxygen atoms in total. The molecule has 4 heteroatoms. The van der Waals surface area contributed by atoms with Gasteiger partial charge in [-0.15, -0.1) is 0 Å². The van der Waals surface area contributed by atoms with E-state index in [1.165, 1.54) is 64.8 Å². The topological polar surface area (TPSA) is 27.7 Å². The van der Waals surface area contributed by atoms with Gasteiger partial charge in [-0.3, -0.25) is 9.80 Å². The van der Waals surface area contributed by atoms with Crippen molar-refractivity contribution in [3.63, 3.8) is 0 Å². The molecule has 1 aliphatic carbocycles. The Hall–Kier alpha value is -0.160. The van der Waals surface area contributed by atoms with Crippen LogP contribution in [0.25, 0.3) is 0 Å². The maximum Gasteiger partial charge on any atom is 0.0571 e. The zero-order chi connectivity index (χ0) is 19.9. The largest absolute Gasteiger partial charge is 0.381 e. The van der Waals surface area contributed by atoms with Gasteiger partial charge in [0.15, 0.2) is 0 Å². The summed E-state index contributed by atoms with van der Waals surface area (Å²) in [5.41, 5.74) is 0. The number of piperidine rings is 1. The summed E-state index contributed by atoms with van der Waals surface area (Å²) in [6, 6.07) is 1.43. The Kier molecular flexibility index (Phi) is 15.8. The van der Waals surface area contributed by atoms with Crippen LogP contribution >= 0.6 is 0 Å². The van der Waals surface area contributed by atoms with Gasteiger partial charge in [0.05, 0.1) is 6.10 Å². The van der Waals surface area contributed by atoms with E-state index in [0.717, 1.165) is 5.92 Å². The number of methoxy groups -OCH3 is 1. The summed E-state index contributed by atoms with van der Waals surface area (Å²) in [5.74, 6) is 0.934. The van der Waals surface area contributed by atoms with Gasteiger partial charge < -0.3 is 10.1 Å². The number of piperazine rings is 1. The highest BCUT2D eigenvalue weighted by molar-refractivity contribution is 4.84. The average Bonchev–Trinajstić information content (AvgIpc) is 2.63. The zero-order valence-electron chi connectivity index (χ0n) is 19.2. The molecule has 3 aliphatic rings. The van der Waals surface area contributed by atoms with E-state index in [4.69, 9.17) is 4.74 Å². The van der Waals surface area contributed by atoms with Crippen LogP contribution in [0.3, 0.4) is 0 Å². The van der Waals surface area contributed by atoms with Gasteiger partial charge in [0.25, 0.3) is 0 Å². The number of likely N-dealkylation sites (N-methyl/N-ethyl adjacent to an activating group) is 1. The first-order valence-electron chi connectivity index (χ1n) is 11.3. The van der Waals surface area contributed by atoms with E-state index < -0.39 is 0 Å². The van der Waals surface area contributed by atoms with Crippen molar-refractivity contribution in [3.8, 4) is 0 Å². The van der Waals surface area contributed by atoms with Crippen molar-refractivity contribution in [2.75, 3.05) is 46.9 Å². The smallest absolute Gasteiger partial charge is 0.0571 e. The van der Waals surface area contributed by atoms with E-state index in [1.807, 2.05) is 27.7 Å². The molecule has 2 heterocycles. The van der Waals surface area contributed by atoms with E-state index in [2.05, 4.69) is 36.0 Å². The van der Waals surface area contributed by atoms with Crippen molar-refractivity contribution in [3.05, 3.63) is 0 Å². The maximum absolute atomic E-state index is 4.99. The Morgan fingerprint density at radius 2 is 1.38 bits per heavy atom. The summed E-state index contributed by atoms with van der Waals surface area (Å²) in [6.07, 6.45) is 7.31. The quantitative estimate of drug-likeness (QED) is 0.803. The lowest BCUT2D eigenvalue weighted by Gasteiger charge is -2.43. The van der Waals surface area contributed by atoms with Crippen LogP contribution in [0.1, 0.15) is 73.6 Å². The number of hydrogen-bond acceptors (Lipinski definition) is 4. The van der Waals surface area contributed by atoms with Crippen molar-refractivity contribution in [2.45, 2.75) is 91.8 Å². The van der Waals surface area contributed by atoms with Gasteiger partial charge in [0.1, 0.15) is 0 Å². The minimum atomic E-state index is 0.616. The van der Waals surface area contributed by atoms with Crippen LogP contribution in [-0.4, -0.2) is 74.9 Å². The van der Waals surface area contributed by atoms with Crippen molar-refractivity contribution in [1.29, 1.82) is 0 Å². The lowest BCUT2D eigenvalue weighted by molar-refractivity contribution is 0.0412. The highest BCUT2D eigenvalue weighted by Crippen LogP contribution is 2.20. The fourth-order valence-corrected chi connectivity index (χ4v) is 3.70. The average molecular weight is 372 g/mol. The summed E-state index contributed by atoms with van der Waals surface area (Å²) in [4.78, 5) is 5.20. The SMILES string of the molecule is CC.CC.CC1CN(CC2CCNCC2)CC(C)N1C.COC1CCC1. The minimum absolute atomic E-state index is 0.616. The van der Waals surface area contributed by atoms with Crippen LogP contribution in [0.2, 0.25) is 0 Å². The van der Waals surface area contributed by atoms with Gasteiger partial charge in [-0.2, -0.15) is 0 Å². The zero-order valence-corrected chi connectivity index (χ0v) is 19.2.